The van der Waals surface area contributed by atoms with E-state index in [1.165, 1.54) is 18.4 Å². The number of carbonyl (C=O) groups is 1. The zero-order chi connectivity index (χ0) is 18.7. The van der Waals surface area contributed by atoms with Gasteiger partial charge in [-0.25, -0.2) is 0 Å². The molecule has 1 saturated carbocycles. The van der Waals surface area contributed by atoms with E-state index in [1.807, 2.05) is 38.1 Å². The summed E-state index contributed by atoms with van der Waals surface area (Å²) in [6.07, 6.45) is 4.63. The molecule has 3 rings (SSSR count). The highest BCUT2D eigenvalue weighted by atomic mass is 16.1. The van der Waals surface area contributed by atoms with Crippen molar-refractivity contribution in [3.63, 3.8) is 0 Å². The molecule has 1 fully saturated rings. The smallest absolute Gasteiger partial charge is 0.252 e. The van der Waals surface area contributed by atoms with Gasteiger partial charge in [0.05, 0.1) is 6.04 Å². The highest BCUT2D eigenvalue weighted by molar-refractivity contribution is 5.97. The minimum Gasteiger partial charge on any atom is -0.343 e. The van der Waals surface area contributed by atoms with Crippen LogP contribution < -0.4 is 5.32 Å². The number of nitrogens with one attached hydrogen (secondary N) is 1. The van der Waals surface area contributed by atoms with E-state index in [4.69, 9.17) is 0 Å². The van der Waals surface area contributed by atoms with E-state index in [0.717, 1.165) is 29.5 Å². The normalized spacial score (nSPS) is 17.3. The predicted molar refractivity (Wildman–Crippen MR) is 107 cm³/mol. The second-order valence-corrected chi connectivity index (χ2v) is 7.79. The minimum atomic E-state index is -0.0341. The highest BCUT2D eigenvalue weighted by Gasteiger charge is 2.44. The minimum absolute atomic E-state index is 0.0206. The molecule has 0 aromatic heterocycles. The fourth-order valence-corrected chi connectivity index (χ4v) is 4.53. The zero-order valence-corrected chi connectivity index (χ0v) is 16.4. The fourth-order valence-electron chi connectivity index (χ4n) is 4.53. The SMILES string of the molecule is Cc1cccc(C)c1C(=O)N[C@@H](c1ccccc1)C1(N(C)[11CH3])CCCC1. The monoisotopic (exact) mass is 349 g/mol. The van der Waals surface area contributed by atoms with E-state index < -0.39 is 0 Å². The first-order valence-electron chi connectivity index (χ1n) is 9.55. The van der Waals surface area contributed by atoms with Crippen molar-refractivity contribution < 1.29 is 4.79 Å². The Balaban J connectivity index is 2.01. The topological polar surface area (TPSA) is 32.3 Å². The number of carbonyl (C=O) groups excluding carboxylic acids is 1. The summed E-state index contributed by atoms with van der Waals surface area (Å²) in [5.41, 5.74) is 4.01. The number of amides is 1. The lowest BCUT2D eigenvalue weighted by Crippen LogP contribution is -2.53. The number of rotatable bonds is 5. The van der Waals surface area contributed by atoms with Crippen molar-refractivity contribution >= 4 is 5.91 Å². The summed E-state index contributed by atoms with van der Waals surface area (Å²) in [4.78, 5) is 15.6. The van der Waals surface area contributed by atoms with Crippen molar-refractivity contribution in [3.8, 4) is 0 Å². The van der Waals surface area contributed by atoms with Gasteiger partial charge in [-0.1, -0.05) is 61.4 Å². The Labute approximate surface area is 157 Å². The van der Waals surface area contributed by atoms with Gasteiger partial charge in [0.15, 0.2) is 0 Å². The van der Waals surface area contributed by atoms with E-state index in [9.17, 15) is 4.79 Å². The molecule has 1 amide bonds. The molecule has 138 valence electrons. The van der Waals surface area contributed by atoms with Crippen molar-refractivity contribution in [2.75, 3.05) is 14.1 Å². The summed E-state index contributed by atoms with van der Waals surface area (Å²) in [7, 11) is 4.29. The van der Waals surface area contributed by atoms with Crippen molar-refractivity contribution in [3.05, 3.63) is 70.8 Å². The number of aryl methyl sites for hydroxylation is 2. The van der Waals surface area contributed by atoms with E-state index in [1.54, 1.807) is 0 Å². The Morgan fingerprint density at radius 3 is 2.08 bits per heavy atom. The van der Waals surface area contributed by atoms with Gasteiger partial charge < -0.3 is 10.2 Å². The standard InChI is InChI=1S/C23H30N2O/c1-17-11-10-12-18(2)20(17)22(26)24-21(19-13-6-5-7-14-19)23(25(3)4)15-8-9-16-23/h5-7,10-14,21H,8-9,15-16H2,1-4H3,(H,24,26)/t21-/m0/s1/i3-1. The van der Waals surface area contributed by atoms with Gasteiger partial charge in [-0.3, -0.25) is 4.79 Å². The van der Waals surface area contributed by atoms with Crippen LogP contribution in [0.2, 0.25) is 0 Å². The molecule has 1 N–H and O–H groups in total. The second-order valence-electron chi connectivity index (χ2n) is 7.79. The lowest BCUT2D eigenvalue weighted by molar-refractivity contribution is 0.0765. The van der Waals surface area contributed by atoms with Crippen LogP contribution in [-0.2, 0) is 0 Å². The Kier molecular flexibility index (Phi) is 5.47. The predicted octanol–water partition coefficient (Wildman–Crippen LogP) is 4.65. The summed E-state index contributed by atoms with van der Waals surface area (Å²) < 4.78 is 0. The van der Waals surface area contributed by atoms with Gasteiger partial charge in [-0.2, -0.15) is 0 Å². The molecule has 3 heteroatoms. The average molecular weight is 350 g/mol. The maximum Gasteiger partial charge on any atom is 0.252 e. The second kappa shape index (κ2) is 7.63. The first kappa shape index (κ1) is 18.7. The lowest BCUT2D eigenvalue weighted by Gasteiger charge is -2.44. The molecule has 0 unspecified atom stereocenters. The first-order chi connectivity index (χ1) is 12.5. The zero-order valence-electron chi connectivity index (χ0n) is 16.4. The quantitative estimate of drug-likeness (QED) is 0.852. The molecule has 26 heavy (non-hydrogen) atoms. The maximum atomic E-state index is 13.3. The molecule has 1 atom stereocenters. The van der Waals surface area contributed by atoms with Crippen molar-refractivity contribution in [2.45, 2.75) is 51.1 Å². The third-order valence-corrected chi connectivity index (χ3v) is 6.01. The Morgan fingerprint density at radius 2 is 1.54 bits per heavy atom. The Bertz CT molecular complexity index is 741. The Morgan fingerprint density at radius 1 is 0.962 bits per heavy atom. The summed E-state index contributed by atoms with van der Waals surface area (Å²) in [6, 6.07) is 16.4. The number of hydrogen-bond acceptors (Lipinski definition) is 2. The van der Waals surface area contributed by atoms with E-state index >= 15 is 0 Å². The summed E-state index contributed by atoms with van der Waals surface area (Å²) in [5, 5.41) is 3.41. The molecular formula is C23H30N2O. The van der Waals surface area contributed by atoms with Crippen molar-refractivity contribution in [1.82, 2.24) is 10.2 Å². The highest BCUT2D eigenvalue weighted by Crippen LogP contribution is 2.43. The van der Waals surface area contributed by atoms with Crippen LogP contribution in [0.5, 0.6) is 0 Å². The molecular weight excluding hydrogens is 319 g/mol. The van der Waals surface area contributed by atoms with Gasteiger partial charge in [-0.05, 0) is 57.5 Å². The molecule has 0 aliphatic heterocycles. The first-order valence-corrected chi connectivity index (χ1v) is 9.55. The van der Waals surface area contributed by atoms with Gasteiger partial charge in [-0.15, -0.1) is 0 Å². The van der Waals surface area contributed by atoms with Gasteiger partial charge >= 0.3 is 0 Å². The van der Waals surface area contributed by atoms with Crippen molar-refractivity contribution in [2.24, 2.45) is 0 Å². The van der Waals surface area contributed by atoms with Crippen LogP contribution in [0.25, 0.3) is 0 Å². The van der Waals surface area contributed by atoms with Crippen LogP contribution in [0, 0.1) is 13.8 Å². The van der Waals surface area contributed by atoms with Gasteiger partial charge in [0.1, 0.15) is 0 Å². The molecule has 2 aromatic rings. The molecule has 0 heterocycles. The van der Waals surface area contributed by atoms with Gasteiger partial charge in [0, 0.05) is 11.1 Å². The fraction of sp³-hybridized carbons (Fsp3) is 0.435. The third kappa shape index (κ3) is 3.41. The molecule has 0 bridgehead atoms. The maximum absolute atomic E-state index is 13.3. The molecule has 2 aromatic carbocycles. The lowest BCUT2D eigenvalue weighted by atomic mass is 9.80. The van der Waals surface area contributed by atoms with Crippen LogP contribution in [0.15, 0.2) is 48.5 Å². The summed E-state index contributed by atoms with van der Waals surface area (Å²) in [5.74, 6) is 0.0302. The van der Waals surface area contributed by atoms with E-state index in [-0.39, 0.29) is 17.5 Å². The molecule has 3 nitrogen and oxygen atoms in total. The molecule has 1 aliphatic carbocycles. The molecule has 1 aliphatic rings. The summed E-state index contributed by atoms with van der Waals surface area (Å²) in [6.45, 7) is 4.02. The molecule has 0 spiro atoms. The number of nitrogens with zero attached hydrogens (tertiary/aromatic N) is 1. The van der Waals surface area contributed by atoms with Crippen LogP contribution in [0.3, 0.4) is 0 Å². The number of hydrogen-bond donors (Lipinski definition) is 1. The Hall–Kier alpha value is -2.13. The van der Waals surface area contributed by atoms with Crippen molar-refractivity contribution in [1.29, 1.82) is 0 Å². The van der Waals surface area contributed by atoms with Crippen LogP contribution in [0.1, 0.15) is 58.8 Å². The van der Waals surface area contributed by atoms with Crippen LogP contribution in [0.4, 0.5) is 0 Å². The molecule has 0 saturated heterocycles. The number of benzene rings is 2. The molecule has 0 radical (unpaired) electrons. The largest absolute Gasteiger partial charge is 0.343 e. The average Bonchev–Trinajstić information content (AvgIpc) is 3.11. The van der Waals surface area contributed by atoms with E-state index in [2.05, 4.69) is 48.6 Å². The van der Waals surface area contributed by atoms with E-state index in [0.29, 0.717) is 0 Å². The third-order valence-electron chi connectivity index (χ3n) is 6.01. The van der Waals surface area contributed by atoms with Crippen LogP contribution in [-0.4, -0.2) is 30.4 Å². The van der Waals surface area contributed by atoms with Crippen LogP contribution >= 0.6 is 0 Å². The van der Waals surface area contributed by atoms with Gasteiger partial charge in [0.2, 0.25) is 0 Å². The van der Waals surface area contributed by atoms with Gasteiger partial charge in [0.25, 0.3) is 5.91 Å². The number of likely N-dealkylation sites (N-methyl/N-ethyl adjacent to an activating group) is 1. The summed E-state index contributed by atoms with van der Waals surface area (Å²) >= 11 is 0.